The van der Waals surface area contributed by atoms with Gasteiger partial charge in [0.1, 0.15) is 5.58 Å². The number of aryl methyl sites for hydroxylation is 1. The third-order valence-electron chi connectivity index (χ3n) is 3.45. The fourth-order valence-corrected chi connectivity index (χ4v) is 2.44. The molecule has 0 unspecified atom stereocenters. The lowest BCUT2D eigenvalue weighted by atomic mass is 10.0. The van der Waals surface area contributed by atoms with E-state index < -0.39 is 0 Å². The van der Waals surface area contributed by atoms with E-state index in [1.54, 1.807) is 33.3 Å². The lowest BCUT2D eigenvalue weighted by Gasteiger charge is -2.11. The maximum atomic E-state index is 12.4. The van der Waals surface area contributed by atoms with Crippen LogP contribution in [0.25, 0.3) is 21.7 Å². The molecule has 0 amide bonds. The highest BCUT2D eigenvalue weighted by atomic mass is 16.5. The van der Waals surface area contributed by atoms with Gasteiger partial charge in [0, 0.05) is 16.3 Å². The van der Waals surface area contributed by atoms with Crippen LogP contribution in [0.4, 0.5) is 0 Å². The highest BCUT2D eigenvalue weighted by Gasteiger charge is 2.14. The van der Waals surface area contributed by atoms with Gasteiger partial charge in [0.2, 0.25) is 0 Å². The molecule has 0 aliphatic heterocycles. The summed E-state index contributed by atoms with van der Waals surface area (Å²) in [4.78, 5) is 12.4. The number of hydrogen-bond donors (Lipinski definition) is 0. The molecule has 0 fully saturated rings. The highest BCUT2D eigenvalue weighted by molar-refractivity contribution is 6.08. The van der Waals surface area contributed by atoms with Gasteiger partial charge in [-0.25, -0.2) is 0 Å². The lowest BCUT2D eigenvalue weighted by molar-refractivity contribution is 0.358. The zero-order valence-electron chi connectivity index (χ0n) is 11.5. The van der Waals surface area contributed by atoms with Gasteiger partial charge in [-0.2, -0.15) is 0 Å². The Morgan fingerprint density at radius 3 is 2.45 bits per heavy atom. The van der Waals surface area contributed by atoms with Gasteiger partial charge in [0.05, 0.1) is 25.9 Å². The SMILES string of the molecule is COc1ccc2c(ccc3occ(C)c(=O)c32)c1OC. The van der Waals surface area contributed by atoms with Crippen LogP contribution < -0.4 is 14.9 Å². The summed E-state index contributed by atoms with van der Waals surface area (Å²) in [5.74, 6) is 1.25. The van der Waals surface area contributed by atoms with Crippen molar-refractivity contribution in [3.05, 3.63) is 46.3 Å². The number of fused-ring (bicyclic) bond motifs is 3. The van der Waals surface area contributed by atoms with E-state index >= 15 is 0 Å². The summed E-state index contributed by atoms with van der Waals surface area (Å²) in [5, 5.41) is 2.21. The third kappa shape index (κ3) is 1.65. The van der Waals surface area contributed by atoms with Gasteiger partial charge in [-0.3, -0.25) is 4.79 Å². The summed E-state index contributed by atoms with van der Waals surface area (Å²) in [7, 11) is 3.17. The van der Waals surface area contributed by atoms with Crippen LogP contribution in [0.2, 0.25) is 0 Å². The Bertz CT molecular complexity index is 862. The molecule has 1 aromatic heterocycles. The summed E-state index contributed by atoms with van der Waals surface area (Å²) >= 11 is 0. The number of methoxy groups -OCH3 is 2. The van der Waals surface area contributed by atoms with Crippen molar-refractivity contribution >= 4 is 21.7 Å². The molecular weight excluding hydrogens is 256 g/mol. The van der Waals surface area contributed by atoms with Crippen LogP contribution in [0.1, 0.15) is 5.56 Å². The van der Waals surface area contributed by atoms with Crippen LogP contribution in [-0.4, -0.2) is 14.2 Å². The standard InChI is InChI=1S/C16H14O4/c1-9-8-20-12-6-5-11-10(14(12)15(9)17)4-7-13(18-2)16(11)19-3/h4-8H,1-3H3. The topological polar surface area (TPSA) is 48.7 Å². The van der Waals surface area contributed by atoms with E-state index in [0.717, 1.165) is 10.8 Å². The first kappa shape index (κ1) is 12.5. The Hall–Kier alpha value is -2.49. The van der Waals surface area contributed by atoms with Crippen molar-refractivity contribution in [3.8, 4) is 11.5 Å². The fourth-order valence-electron chi connectivity index (χ4n) is 2.44. The minimum Gasteiger partial charge on any atom is -0.493 e. The molecule has 20 heavy (non-hydrogen) atoms. The Labute approximate surface area is 115 Å². The molecule has 0 saturated heterocycles. The molecule has 0 spiro atoms. The van der Waals surface area contributed by atoms with Crippen molar-refractivity contribution in [1.82, 2.24) is 0 Å². The van der Waals surface area contributed by atoms with Crippen LogP contribution in [0.3, 0.4) is 0 Å². The van der Waals surface area contributed by atoms with Crippen LogP contribution in [0.15, 0.2) is 39.7 Å². The zero-order chi connectivity index (χ0) is 14.3. The van der Waals surface area contributed by atoms with E-state index in [4.69, 9.17) is 13.9 Å². The summed E-state index contributed by atoms with van der Waals surface area (Å²) in [6.45, 7) is 1.74. The summed E-state index contributed by atoms with van der Waals surface area (Å²) in [5.41, 5.74) is 1.13. The molecule has 3 rings (SSSR count). The third-order valence-corrected chi connectivity index (χ3v) is 3.45. The maximum absolute atomic E-state index is 12.4. The summed E-state index contributed by atoms with van der Waals surface area (Å²) in [6, 6.07) is 7.30. The van der Waals surface area contributed by atoms with Gasteiger partial charge in [0.15, 0.2) is 16.9 Å². The van der Waals surface area contributed by atoms with Gasteiger partial charge >= 0.3 is 0 Å². The molecule has 0 aliphatic carbocycles. The molecule has 3 aromatic rings. The van der Waals surface area contributed by atoms with Crippen LogP contribution >= 0.6 is 0 Å². The number of rotatable bonds is 2. The van der Waals surface area contributed by atoms with Crippen molar-refractivity contribution in [2.45, 2.75) is 6.92 Å². The minimum atomic E-state index is -0.0240. The van der Waals surface area contributed by atoms with Crippen molar-refractivity contribution < 1.29 is 13.9 Å². The lowest BCUT2D eigenvalue weighted by Crippen LogP contribution is -2.05. The van der Waals surface area contributed by atoms with Gasteiger partial charge in [-0.05, 0) is 31.2 Å². The monoisotopic (exact) mass is 270 g/mol. The number of ether oxygens (including phenoxy) is 2. The predicted molar refractivity (Wildman–Crippen MR) is 77.8 cm³/mol. The summed E-state index contributed by atoms with van der Waals surface area (Å²) < 4.78 is 16.2. The average Bonchev–Trinajstić information content (AvgIpc) is 2.48. The first-order chi connectivity index (χ1) is 9.67. The zero-order valence-corrected chi connectivity index (χ0v) is 11.5. The van der Waals surface area contributed by atoms with E-state index in [0.29, 0.717) is 28.0 Å². The van der Waals surface area contributed by atoms with E-state index in [-0.39, 0.29) is 5.43 Å². The van der Waals surface area contributed by atoms with E-state index in [9.17, 15) is 4.79 Å². The number of benzene rings is 2. The highest BCUT2D eigenvalue weighted by Crippen LogP contribution is 2.37. The van der Waals surface area contributed by atoms with Gasteiger partial charge in [0.25, 0.3) is 0 Å². The fraction of sp³-hybridized carbons (Fsp3) is 0.188. The molecule has 4 nitrogen and oxygen atoms in total. The van der Waals surface area contributed by atoms with Crippen molar-refractivity contribution in [2.24, 2.45) is 0 Å². The first-order valence-electron chi connectivity index (χ1n) is 6.23. The molecular formula is C16H14O4. The van der Waals surface area contributed by atoms with Crippen molar-refractivity contribution in [2.75, 3.05) is 14.2 Å². The Balaban J connectivity index is 2.56. The van der Waals surface area contributed by atoms with Crippen molar-refractivity contribution in [3.63, 3.8) is 0 Å². The minimum absolute atomic E-state index is 0.0240. The largest absolute Gasteiger partial charge is 0.493 e. The molecule has 0 saturated carbocycles. The van der Waals surface area contributed by atoms with Gasteiger partial charge in [-0.1, -0.05) is 0 Å². The van der Waals surface area contributed by atoms with E-state index in [1.165, 1.54) is 6.26 Å². The predicted octanol–water partition coefficient (Wildman–Crippen LogP) is 3.27. The normalized spacial score (nSPS) is 10.9. The molecule has 0 aliphatic rings. The summed E-state index contributed by atoms with van der Waals surface area (Å²) in [6.07, 6.45) is 1.48. The molecule has 0 N–H and O–H groups in total. The molecule has 102 valence electrons. The van der Waals surface area contributed by atoms with Gasteiger partial charge < -0.3 is 13.9 Å². The molecule has 2 aromatic carbocycles. The van der Waals surface area contributed by atoms with Crippen LogP contribution in [-0.2, 0) is 0 Å². The second-order valence-corrected chi connectivity index (χ2v) is 4.58. The molecule has 0 radical (unpaired) electrons. The van der Waals surface area contributed by atoms with E-state index in [2.05, 4.69) is 0 Å². The second-order valence-electron chi connectivity index (χ2n) is 4.58. The van der Waals surface area contributed by atoms with Crippen LogP contribution in [0.5, 0.6) is 11.5 Å². The second kappa shape index (κ2) is 4.56. The Morgan fingerprint density at radius 1 is 1.00 bits per heavy atom. The average molecular weight is 270 g/mol. The Morgan fingerprint density at radius 2 is 1.75 bits per heavy atom. The molecule has 1 heterocycles. The smallest absolute Gasteiger partial charge is 0.196 e. The maximum Gasteiger partial charge on any atom is 0.196 e. The molecule has 0 bridgehead atoms. The molecule has 4 heteroatoms. The number of hydrogen-bond acceptors (Lipinski definition) is 4. The first-order valence-corrected chi connectivity index (χ1v) is 6.23. The van der Waals surface area contributed by atoms with Gasteiger partial charge in [-0.15, -0.1) is 0 Å². The van der Waals surface area contributed by atoms with E-state index in [1.807, 2.05) is 12.1 Å². The van der Waals surface area contributed by atoms with Crippen LogP contribution in [0, 0.1) is 6.92 Å². The van der Waals surface area contributed by atoms with Crippen molar-refractivity contribution in [1.29, 1.82) is 0 Å². The molecule has 0 atom stereocenters. The Kier molecular flexibility index (Phi) is 2.86. The quantitative estimate of drug-likeness (QED) is 0.670.